The number of hydrogen-bond acceptors (Lipinski definition) is 2. The molecule has 94 valence electrons. The summed E-state index contributed by atoms with van der Waals surface area (Å²) in [5.74, 6) is -1.44. The van der Waals surface area contributed by atoms with Gasteiger partial charge < -0.3 is 15.0 Å². The number of aromatic hydroxyl groups is 1. The number of carbonyl (C=O) groups excluding carboxylic acids is 1. The lowest BCUT2D eigenvalue weighted by Crippen LogP contribution is -2.23. The molecular weight excluding hydrogens is 235 g/mol. The summed E-state index contributed by atoms with van der Waals surface area (Å²) in [5, 5.41) is 11.7. The first-order valence-electron chi connectivity index (χ1n) is 5.44. The van der Waals surface area contributed by atoms with Crippen molar-refractivity contribution in [2.75, 3.05) is 0 Å². The number of halogens is 1. The minimum absolute atomic E-state index is 0.0799. The largest absolute Gasteiger partial charge is 0.508 e. The number of carbonyl (C=O) groups is 1. The van der Waals surface area contributed by atoms with E-state index in [0.29, 0.717) is 6.54 Å². The van der Waals surface area contributed by atoms with E-state index in [1.54, 1.807) is 0 Å². The lowest BCUT2D eigenvalue weighted by atomic mass is 10.2. The molecule has 1 aromatic carbocycles. The van der Waals surface area contributed by atoms with Gasteiger partial charge in [-0.25, -0.2) is 4.39 Å². The zero-order chi connectivity index (χ0) is 13.1. The summed E-state index contributed by atoms with van der Waals surface area (Å²) >= 11 is 0. The van der Waals surface area contributed by atoms with Crippen LogP contribution in [0.2, 0.25) is 0 Å². The second-order valence-electron chi connectivity index (χ2n) is 4.03. The van der Waals surface area contributed by atoms with Gasteiger partial charge >= 0.3 is 0 Å². The SMILES string of the molecule is Cn1ccc(CNC(=O)c2ccc(O)cc2F)c1. The molecule has 2 N–H and O–H groups in total. The molecule has 0 spiro atoms. The van der Waals surface area contributed by atoms with Crippen LogP contribution in [0.3, 0.4) is 0 Å². The van der Waals surface area contributed by atoms with E-state index in [4.69, 9.17) is 5.11 Å². The maximum absolute atomic E-state index is 13.4. The van der Waals surface area contributed by atoms with Crippen molar-refractivity contribution in [3.63, 3.8) is 0 Å². The number of hydrogen-bond donors (Lipinski definition) is 2. The second-order valence-corrected chi connectivity index (χ2v) is 4.03. The Morgan fingerprint density at radius 2 is 2.22 bits per heavy atom. The van der Waals surface area contributed by atoms with Crippen LogP contribution in [0, 0.1) is 5.82 Å². The highest BCUT2D eigenvalue weighted by molar-refractivity contribution is 5.94. The molecule has 0 aliphatic heterocycles. The summed E-state index contributed by atoms with van der Waals surface area (Å²) < 4.78 is 15.3. The minimum atomic E-state index is -0.736. The van der Waals surface area contributed by atoms with Gasteiger partial charge in [-0.2, -0.15) is 0 Å². The smallest absolute Gasteiger partial charge is 0.254 e. The van der Waals surface area contributed by atoms with Crippen LogP contribution in [-0.2, 0) is 13.6 Å². The Morgan fingerprint density at radius 1 is 1.44 bits per heavy atom. The van der Waals surface area contributed by atoms with Gasteiger partial charge in [-0.15, -0.1) is 0 Å². The van der Waals surface area contributed by atoms with Gasteiger partial charge in [0, 0.05) is 32.1 Å². The number of amides is 1. The molecule has 2 aromatic rings. The van der Waals surface area contributed by atoms with Gasteiger partial charge in [0.25, 0.3) is 5.91 Å². The highest BCUT2D eigenvalue weighted by Gasteiger charge is 2.11. The lowest BCUT2D eigenvalue weighted by molar-refractivity contribution is 0.0947. The summed E-state index contributed by atoms with van der Waals surface area (Å²) in [7, 11) is 1.88. The van der Waals surface area contributed by atoms with E-state index in [1.165, 1.54) is 12.1 Å². The Kier molecular flexibility index (Phi) is 3.32. The highest BCUT2D eigenvalue weighted by atomic mass is 19.1. The molecule has 0 saturated heterocycles. The van der Waals surface area contributed by atoms with Crippen molar-refractivity contribution in [2.24, 2.45) is 7.05 Å². The average molecular weight is 248 g/mol. The predicted molar refractivity (Wildman–Crippen MR) is 64.6 cm³/mol. The quantitative estimate of drug-likeness (QED) is 0.870. The molecule has 0 aliphatic rings. The van der Waals surface area contributed by atoms with Crippen molar-refractivity contribution in [2.45, 2.75) is 6.54 Å². The number of nitrogens with zero attached hydrogens (tertiary/aromatic N) is 1. The summed E-state index contributed by atoms with van der Waals surface area (Å²) in [4.78, 5) is 11.7. The third kappa shape index (κ3) is 2.68. The molecule has 1 heterocycles. The molecule has 4 nitrogen and oxygen atoms in total. The molecule has 0 aliphatic carbocycles. The highest BCUT2D eigenvalue weighted by Crippen LogP contribution is 2.15. The van der Waals surface area contributed by atoms with Gasteiger partial charge in [-0.3, -0.25) is 4.79 Å². The summed E-state index contributed by atoms with van der Waals surface area (Å²) in [6.07, 6.45) is 3.73. The van der Waals surface area contributed by atoms with Gasteiger partial charge in [0.15, 0.2) is 0 Å². The van der Waals surface area contributed by atoms with Crippen LogP contribution in [0.25, 0.3) is 0 Å². The Labute approximate surface area is 104 Å². The van der Waals surface area contributed by atoms with Crippen molar-refractivity contribution >= 4 is 5.91 Å². The van der Waals surface area contributed by atoms with Gasteiger partial charge in [-0.05, 0) is 23.8 Å². The molecule has 2 rings (SSSR count). The number of nitrogens with one attached hydrogen (secondary N) is 1. The number of aryl methyl sites for hydroxylation is 1. The maximum atomic E-state index is 13.4. The normalized spacial score (nSPS) is 10.3. The molecule has 0 atom stereocenters. The van der Waals surface area contributed by atoms with Gasteiger partial charge in [0.1, 0.15) is 11.6 Å². The minimum Gasteiger partial charge on any atom is -0.508 e. The summed E-state index contributed by atoms with van der Waals surface area (Å²) in [5.41, 5.74) is 0.855. The first-order valence-corrected chi connectivity index (χ1v) is 5.44. The molecule has 18 heavy (non-hydrogen) atoms. The van der Waals surface area contributed by atoms with E-state index in [9.17, 15) is 9.18 Å². The van der Waals surface area contributed by atoms with Crippen LogP contribution >= 0.6 is 0 Å². The number of rotatable bonds is 3. The number of benzene rings is 1. The molecular formula is C13H13FN2O2. The van der Waals surface area contributed by atoms with E-state index in [2.05, 4.69) is 5.32 Å². The van der Waals surface area contributed by atoms with E-state index >= 15 is 0 Å². The van der Waals surface area contributed by atoms with E-state index in [0.717, 1.165) is 11.6 Å². The second kappa shape index (κ2) is 4.91. The molecule has 1 amide bonds. The Balaban J connectivity index is 2.03. The maximum Gasteiger partial charge on any atom is 0.254 e. The predicted octanol–water partition coefficient (Wildman–Crippen LogP) is 1.80. The topological polar surface area (TPSA) is 54.3 Å². The van der Waals surface area contributed by atoms with Crippen LogP contribution in [0.15, 0.2) is 36.7 Å². The monoisotopic (exact) mass is 248 g/mol. The van der Waals surface area contributed by atoms with Crippen molar-refractivity contribution in [3.8, 4) is 5.75 Å². The summed E-state index contributed by atoms with van der Waals surface area (Å²) in [6.45, 7) is 0.333. The zero-order valence-electron chi connectivity index (χ0n) is 9.85. The fourth-order valence-corrected chi connectivity index (χ4v) is 1.63. The fourth-order valence-electron chi connectivity index (χ4n) is 1.63. The molecule has 0 saturated carbocycles. The molecule has 0 radical (unpaired) electrons. The van der Waals surface area contributed by atoms with Crippen molar-refractivity contribution in [1.29, 1.82) is 0 Å². The Bertz CT molecular complexity index is 578. The third-order valence-corrected chi connectivity index (χ3v) is 2.54. The van der Waals surface area contributed by atoms with E-state index in [-0.39, 0.29) is 11.3 Å². The summed E-state index contributed by atoms with van der Waals surface area (Å²) in [6, 6.07) is 5.32. The van der Waals surface area contributed by atoms with Crippen molar-refractivity contribution < 1.29 is 14.3 Å². The van der Waals surface area contributed by atoms with Crippen molar-refractivity contribution in [1.82, 2.24) is 9.88 Å². The van der Waals surface area contributed by atoms with Gasteiger partial charge in [0.2, 0.25) is 0 Å². The fraction of sp³-hybridized carbons (Fsp3) is 0.154. The molecule has 0 unspecified atom stereocenters. The number of phenols is 1. The van der Waals surface area contributed by atoms with E-state index < -0.39 is 11.7 Å². The first-order chi connectivity index (χ1) is 8.56. The van der Waals surface area contributed by atoms with Crippen molar-refractivity contribution in [3.05, 3.63) is 53.6 Å². The first kappa shape index (κ1) is 12.2. The molecule has 0 bridgehead atoms. The standard InChI is InChI=1S/C13H13FN2O2/c1-16-5-4-9(8-16)7-15-13(18)11-3-2-10(17)6-12(11)14/h2-6,8,17H,7H2,1H3,(H,15,18). The Hall–Kier alpha value is -2.30. The zero-order valence-corrected chi connectivity index (χ0v) is 9.85. The number of phenolic OH excluding ortho intramolecular Hbond substituents is 1. The van der Waals surface area contributed by atoms with Crippen LogP contribution in [0.4, 0.5) is 4.39 Å². The van der Waals surface area contributed by atoms with Gasteiger partial charge in [-0.1, -0.05) is 0 Å². The molecule has 0 fully saturated rings. The lowest BCUT2D eigenvalue weighted by Gasteiger charge is -2.05. The van der Waals surface area contributed by atoms with Crippen LogP contribution in [-0.4, -0.2) is 15.6 Å². The van der Waals surface area contributed by atoms with E-state index in [1.807, 2.05) is 30.1 Å². The number of aromatic nitrogens is 1. The average Bonchev–Trinajstić information content (AvgIpc) is 2.72. The van der Waals surface area contributed by atoms with Crippen LogP contribution < -0.4 is 5.32 Å². The Morgan fingerprint density at radius 3 is 2.83 bits per heavy atom. The molecule has 1 aromatic heterocycles. The molecule has 5 heteroatoms. The van der Waals surface area contributed by atoms with Crippen LogP contribution in [0.5, 0.6) is 5.75 Å². The third-order valence-electron chi connectivity index (χ3n) is 2.54. The van der Waals surface area contributed by atoms with Gasteiger partial charge in [0.05, 0.1) is 5.56 Å². The van der Waals surface area contributed by atoms with Crippen LogP contribution in [0.1, 0.15) is 15.9 Å².